The summed E-state index contributed by atoms with van der Waals surface area (Å²) in [7, 11) is -4.77. The highest BCUT2D eigenvalue weighted by Gasteiger charge is 2.36. The molecule has 1 fully saturated rings. The van der Waals surface area contributed by atoms with Crippen molar-refractivity contribution in [2.75, 3.05) is 13.2 Å². The highest BCUT2D eigenvalue weighted by Crippen LogP contribution is 2.36. The van der Waals surface area contributed by atoms with Gasteiger partial charge >= 0.3 is 19.8 Å². The molecule has 1 aliphatic heterocycles. The van der Waals surface area contributed by atoms with Gasteiger partial charge < -0.3 is 24.0 Å². The Morgan fingerprint density at radius 2 is 1.31 bits per heavy atom. The average molecular weight is 713 g/mol. The number of unbranched alkanes of at least 4 members (excludes halogenated alkanes) is 12. The average Bonchev–Trinajstić information content (AvgIpc) is 3.80. The molecule has 1 aliphatic rings. The molecule has 10 heteroatoms. The van der Waals surface area contributed by atoms with Crippen molar-refractivity contribution in [3.63, 3.8) is 0 Å². The van der Waals surface area contributed by atoms with Crippen LogP contribution in [0, 0.1) is 5.92 Å². The van der Waals surface area contributed by atoms with Crippen molar-refractivity contribution in [2.24, 2.45) is 5.92 Å². The van der Waals surface area contributed by atoms with E-state index in [9.17, 15) is 14.2 Å². The first-order chi connectivity index (χ1) is 23.6. The lowest BCUT2D eigenvalue weighted by molar-refractivity contribution is -0.161. The third kappa shape index (κ3) is 30.8. The number of ether oxygens (including phenoxy) is 3. The van der Waals surface area contributed by atoms with Crippen LogP contribution in [0.4, 0.5) is 0 Å². The molecular weight excluding hydrogens is 643 g/mol. The smallest absolute Gasteiger partial charge is 0.462 e. The third-order valence-corrected chi connectivity index (χ3v) is 9.00. The van der Waals surface area contributed by atoms with Crippen LogP contribution in [0.25, 0.3) is 0 Å². The summed E-state index contributed by atoms with van der Waals surface area (Å²) in [5, 5.41) is 0. The molecule has 0 bridgehead atoms. The minimum atomic E-state index is -4.77. The van der Waals surface area contributed by atoms with Gasteiger partial charge in [-0.15, -0.1) is 0 Å². The molecule has 9 nitrogen and oxygen atoms in total. The lowest BCUT2D eigenvalue weighted by Gasteiger charge is -2.18. The molecule has 0 spiro atoms. The number of allylic oxidation sites excluding steroid dienone is 5. The van der Waals surface area contributed by atoms with E-state index in [0.29, 0.717) is 31.5 Å². The molecule has 1 saturated heterocycles. The first-order valence-corrected chi connectivity index (χ1v) is 20.8. The van der Waals surface area contributed by atoms with Gasteiger partial charge in [-0.25, -0.2) is 4.57 Å². The summed E-state index contributed by atoms with van der Waals surface area (Å²) >= 11 is 0. The standard InChI is InChI=1S/C39H69O9P/c1-4-5-22-28-36-37(48-36)29-24-19-15-11-7-9-13-17-21-26-31-39(41)47-35(33-46-49(42,43)44)32-45-38(40)30-25-20-16-12-8-6-10-14-18-23-27-34(2)3/h7,11,13,17,19,24,34-37H,4-6,8-10,12,14-16,18,20-23,25-33H2,1-3H3,(H2,42,43,44)/b11-7-,17-13-,24-19-/t35-,36?,37?/m1/s1. The number of phosphoric ester groups is 1. The Kier molecular flexibility index (Phi) is 27.6. The molecule has 2 N–H and O–H groups in total. The number of hydrogen-bond donors (Lipinski definition) is 2. The summed E-state index contributed by atoms with van der Waals surface area (Å²) in [6.07, 6.45) is 34.8. The summed E-state index contributed by atoms with van der Waals surface area (Å²) in [5.41, 5.74) is 0. The van der Waals surface area contributed by atoms with Crippen molar-refractivity contribution in [3.8, 4) is 0 Å². The summed E-state index contributed by atoms with van der Waals surface area (Å²) in [4.78, 5) is 42.7. The van der Waals surface area contributed by atoms with Gasteiger partial charge in [0, 0.05) is 12.8 Å². The molecule has 3 atom stereocenters. The fourth-order valence-electron chi connectivity index (χ4n) is 5.53. The van der Waals surface area contributed by atoms with Crippen molar-refractivity contribution < 1.29 is 42.7 Å². The molecule has 0 aromatic heterocycles. The lowest BCUT2D eigenvalue weighted by Crippen LogP contribution is -2.29. The van der Waals surface area contributed by atoms with Crippen LogP contribution in [0.1, 0.15) is 162 Å². The molecule has 0 aliphatic carbocycles. The van der Waals surface area contributed by atoms with Gasteiger partial charge in [-0.1, -0.05) is 141 Å². The molecule has 0 aromatic carbocycles. The van der Waals surface area contributed by atoms with Crippen LogP contribution in [-0.2, 0) is 32.9 Å². The molecule has 0 amide bonds. The van der Waals surface area contributed by atoms with E-state index >= 15 is 0 Å². The van der Waals surface area contributed by atoms with Crippen molar-refractivity contribution in [2.45, 2.75) is 180 Å². The highest BCUT2D eigenvalue weighted by molar-refractivity contribution is 7.46. The number of esters is 2. The number of hydrogen-bond acceptors (Lipinski definition) is 7. The molecule has 0 saturated carbocycles. The van der Waals surface area contributed by atoms with E-state index in [0.717, 1.165) is 38.0 Å². The molecule has 1 heterocycles. The van der Waals surface area contributed by atoms with Gasteiger partial charge in [0.2, 0.25) is 0 Å². The van der Waals surface area contributed by atoms with E-state index in [1.165, 1.54) is 77.0 Å². The van der Waals surface area contributed by atoms with E-state index < -0.39 is 32.5 Å². The van der Waals surface area contributed by atoms with E-state index in [-0.39, 0.29) is 19.4 Å². The second kappa shape index (κ2) is 29.9. The van der Waals surface area contributed by atoms with Crippen LogP contribution in [0.3, 0.4) is 0 Å². The number of rotatable bonds is 33. The first kappa shape index (κ1) is 45.3. The first-order valence-electron chi connectivity index (χ1n) is 19.3. The number of phosphoric acid groups is 1. The zero-order valence-electron chi connectivity index (χ0n) is 30.9. The van der Waals surface area contributed by atoms with E-state index in [1.54, 1.807) is 0 Å². The van der Waals surface area contributed by atoms with Crippen LogP contribution in [0.2, 0.25) is 0 Å². The van der Waals surface area contributed by atoms with Crippen molar-refractivity contribution in [3.05, 3.63) is 36.5 Å². The van der Waals surface area contributed by atoms with E-state index in [1.807, 2.05) is 6.08 Å². The van der Waals surface area contributed by atoms with Crippen LogP contribution >= 0.6 is 7.82 Å². The van der Waals surface area contributed by atoms with E-state index in [4.69, 9.17) is 24.0 Å². The Labute approximate surface area is 297 Å². The minimum Gasteiger partial charge on any atom is -0.462 e. The summed E-state index contributed by atoms with van der Waals surface area (Å²) in [6.45, 7) is 5.90. The van der Waals surface area contributed by atoms with Gasteiger partial charge in [-0.05, 0) is 50.9 Å². The zero-order chi connectivity index (χ0) is 36.0. The van der Waals surface area contributed by atoms with Gasteiger partial charge in [0.1, 0.15) is 6.61 Å². The highest BCUT2D eigenvalue weighted by atomic mass is 31.2. The van der Waals surface area contributed by atoms with Crippen LogP contribution in [-0.4, -0.2) is 53.3 Å². The third-order valence-electron chi connectivity index (χ3n) is 8.51. The van der Waals surface area contributed by atoms with Gasteiger partial charge in [0.25, 0.3) is 0 Å². The van der Waals surface area contributed by atoms with Crippen molar-refractivity contribution in [1.29, 1.82) is 0 Å². The summed E-state index contributed by atoms with van der Waals surface area (Å²) in [6, 6.07) is 0. The van der Waals surface area contributed by atoms with Gasteiger partial charge in [0.05, 0.1) is 18.8 Å². The van der Waals surface area contributed by atoms with Gasteiger partial charge in [0.15, 0.2) is 6.10 Å². The zero-order valence-corrected chi connectivity index (χ0v) is 31.8. The minimum absolute atomic E-state index is 0.133. The lowest BCUT2D eigenvalue weighted by atomic mass is 10.0. The maximum atomic E-state index is 12.4. The molecule has 284 valence electrons. The van der Waals surface area contributed by atoms with Gasteiger partial charge in [-0.3, -0.25) is 14.1 Å². The monoisotopic (exact) mass is 712 g/mol. The fraction of sp³-hybridized carbons (Fsp3) is 0.795. The Bertz CT molecular complexity index is 972. The molecule has 49 heavy (non-hydrogen) atoms. The molecule has 0 radical (unpaired) electrons. The normalized spacial score (nSPS) is 17.1. The van der Waals surface area contributed by atoms with Crippen LogP contribution in [0.5, 0.6) is 0 Å². The Balaban J connectivity index is 2.13. The Morgan fingerprint density at radius 1 is 0.714 bits per heavy atom. The van der Waals surface area contributed by atoms with E-state index in [2.05, 4.69) is 55.7 Å². The second-order valence-electron chi connectivity index (χ2n) is 13.8. The fourth-order valence-corrected chi connectivity index (χ4v) is 5.89. The van der Waals surface area contributed by atoms with Crippen molar-refractivity contribution >= 4 is 19.8 Å². The van der Waals surface area contributed by atoms with Gasteiger partial charge in [-0.2, -0.15) is 0 Å². The number of carbonyl (C=O) groups is 2. The Morgan fingerprint density at radius 3 is 1.94 bits per heavy atom. The van der Waals surface area contributed by atoms with Crippen LogP contribution in [0.15, 0.2) is 36.5 Å². The SMILES string of the molecule is CCCCCC1OC1C/C=C\C/C=C\C/C=C\CCCC(=O)O[C@H](COC(=O)CCCCCCCCCCCCC(C)C)COP(=O)(O)O. The largest absolute Gasteiger partial charge is 0.469 e. The molecular formula is C39H69O9P. The quantitative estimate of drug-likeness (QED) is 0.0224. The maximum absolute atomic E-state index is 12.4. The molecule has 1 rings (SSSR count). The maximum Gasteiger partial charge on any atom is 0.469 e. The Hall–Kier alpha value is -1.77. The summed E-state index contributed by atoms with van der Waals surface area (Å²) in [5.74, 6) is -0.160. The predicted molar refractivity (Wildman–Crippen MR) is 197 cm³/mol. The predicted octanol–water partition coefficient (Wildman–Crippen LogP) is 10.2. The number of carbonyl (C=O) groups excluding carboxylic acids is 2. The topological polar surface area (TPSA) is 132 Å². The van der Waals surface area contributed by atoms with Crippen LogP contribution < -0.4 is 0 Å². The molecule has 0 aromatic rings. The second-order valence-corrected chi connectivity index (χ2v) is 15.0. The molecule has 2 unspecified atom stereocenters. The summed E-state index contributed by atoms with van der Waals surface area (Å²) < 4.78 is 32.0. The number of epoxide rings is 1. The van der Waals surface area contributed by atoms with Crippen molar-refractivity contribution in [1.82, 2.24) is 0 Å².